The van der Waals surface area contributed by atoms with Crippen molar-refractivity contribution in [2.45, 2.75) is 0 Å². The zero-order valence-electron chi connectivity index (χ0n) is 14.7. The maximum Gasteiger partial charge on any atom is 0.359 e. The van der Waals surface area contributed by atoms with Gasteiger partial charge in [-0.25, -0.2) is 14.8 Å². The van der Waals surface area contributed by atoms with Gasteiger partial charge in [-0.2, -0.15) is 0 Å². The molecule has 0 bridgehead atoms. The summed E-state index contributed by atoms with van der Waals surface area (Å²) in [7, 11) is 0. The molecule has 0 saturated carbocycles. The number of aromatic nitrogens is 2. The summed E-state index contributed by atoms with van der Waals surface area (Å²) >= 11 is 0. The van der Waals surface area contributed by atoms with E-state index in [2.05, 4.69) is 34.2 Å². The Morgan fingerprint density at radius 1 is 0.964 bits per heavy atom. The van der Waals surface area contributed by atoms with Crippen molar-refractivity contribution in [1.29, 1.82) is 0 Å². The molecule has 3 rings (SSSR count). The Morgan fingerprint density at radius 3 is 2.18 bits per heavy atom. The Labute approximate surface area is 159 Å². The molecule has 0 aliphatic carbocycles. The largest absolute Gasteiger partial charge is 0.544 e. The van der Waals surface area contributed by atoms with Crippen LogP contribution in [0.3, 0.4) is 0 Å². The van der Waals surface area contributed by atoms with Crippen molar-refractivity contribution >= 4 is 39.7 Å². The zero-order chi connectivity index (χ0) is 19.8. The highest BCUT2D eigenvalue weighted by atomic mass is 16.4. The number of nitrogens with zero attached hydrogens (tertiary/aromatic N) is 1. The van der Waals surface area contributed by atoms with Crippen LogP contribution in [0.5, 0.6) is 0 Å². The van der Waals surface area contributed by atoms with Crippen molar-refractivity contribution in [2.75, 3.05) is 19.6 Å². The van der Waals surface area contributed by atoms with Gasteiger partial charge in [-0.1, -0.05) is 12.1 Å². The lowest BCUT2D eigenvalue weighted by molar-refractivity contribution is -0.881. The minimum absolute atomic E-state index is 0. The van der Waals surface area contributed by atoms with Crippen molar-refractivity contribution in [3.8, 4) is 0 Å². The summed E-state index contributed by atoms with van der Waals surface area (Å²) in [6, 6.07) is 12.3. The van der Waals surface area contributed by atoms with Gasteiger partial charge in [-0.3, -0.25) is 0 Å². The molecule has 10 nitrogen and oxygen atoms in total. The molecule has 1 aromatic carbocycles. The van der Waals surface area contributed by atoms with E-state index in [0.717, 1.165) is 11.0 Å². The fourth-order valence-electron chi connectivity index (χ4n) is 2.54. The molecule has 0 aliphatic rings. The number of pyridine rings is 2. The van der Waals surface area contributed by atoms with Gasteiger partial charge >= 0.3 is 5.97 Å². The Hall–Kier alpha value is -3.63. The van der Waals surface area contributed by atoms with Crippen LogP contribution in [-0.4, -0.2) is 53.1 Å². The Kier molecular flexibility index (Phi) is 8.41. The average Bonchev–Trinajstić information content (AvgIpc) is 2.60. The molecule has 148 valence electrons. The van der Waals surface area contributed by atoms with E-state index in [4.69, 9.17) is 5.11 Å². The van der Waals surface area contributed by atoms with E-state index in [0.29, 0.717) is 0 Å². The highest BCUT2D eigenvalue weighted by Crippen LogP contribution is 2.18. The molecule has 0 aliphatic heterocycles. The number of hydrogen-bond acceptors (Lipinski definition) is 6. The maximum atomic E-state index is 10.1. The molecule has 0 fully saturated rings. The van der Waals surface area contributed by atoms with Crippen LogP contribution in [0.4, 0.5) is 0 Å². The standard InChI is InChI=1S/C12H8N2.C6H9NO6.H2O/c1-3-9-5-6-10-4-2-8-14-12(10)11(9)13-7-1;8-4(9)1-7(2-5(10)11)3-6(12)13;/h1-8H;1-3H2,(H,8,9)(H,10,11)(H,12,13);1H2. The van der Waals surface area contributed by atoms with Crippen molar-refractivity contribution in [1.82, 2.24) is 4.98 Å². The molecule has 2 heterocycles. The first-order chi connectivity index (χ1) is 12.9. The van der Waals surface area contributed by atoms with Gasteiger partial charge < -0.3 is 35.3 Å². The number of quaternary nitrogens is 1. The second kappa shape index (κ2) is 10.5. The third kappa shape index (κ3) is 6.59. The second-order valence-electron chi connectivity index (χ2n) is 5.69. The van der Waals surface area contributed by atoms with Crippen LogP contribution in [0, 0.1) is 0 Å². The topological polar surface area (TPSA) is 181 Å². The summed E-state index contributed by atoms with van der Waals surface area (Å²) in [6.07, 6.45) is 3.75. The van der Waals surface area contributed by atoms with Crippen LogP contribution >= 0.6 is 0 Å². The molecule has 0 saturated heterocycles. The number of H-pyrrole nitrogens is 1. The number of carbonyl (C=O) groups excluding carboxylic acids is 2. The van der Waals surface area contributed by atoms with E-state index >= 15 is 0 Å². The molecule has 2 aromatic heterocycles. The van der Waals surface area contributed by atoms with E-state index in [1.165, 1.54) is 10.8 Å². The first-order valence-corrected chi connectivity index (χ1v) is 7.96. The number of carboxylic acid groups (broad SMARTS) is 3. The third-order valence-corrected chi connectivity index (χ3v) is 3.60. The van der Waals surface area contributed by atoms with Gasteiger partial charge in [0.2, 0.25) is 5.52 Å². The predicted molar refractivity (Wildman–Crippen MR) is 92.6 cm³/mol. The Bertz CT molecular complexity index is 885. The quantitative estimate of drug-likeness (QED) is 0.401. The van der Waals surface area contributed by atoms with Gasteiger partial charge in [0.15, 0.2) is 12.7 Å². The number of nitrogens with one attached hydrogen (secondary N) is 2. The van der Waals surface area contributed by atoms with E-state index < -0.39 is 37.5 Å². The lowest BCUT2D eigenvalue weighted by Gasteiger charge is -2.17. The molecule has 0 amide bonds. The molecule has 0 radical (unpaired) electrons. The second-order valence-corrected chi connectivity index (χ2v) is 5.69. The highest BCUT2D eigenvalue weighted by molar-refractivity contribution is 6.00. The van der Waals surface area contributed by atoms with Crippen molar-refractivity contribution < 1.29 is 45.1 Å². The summed E-state index contributed by atoms with van der Waals surface area (Å²) in [4.78, 5) is 37.7. The summed E-state index contributed by atoms with van der Waals surface area (Å²) in [6.45, 7) is -1.93. The van der Waals surface area contributed by atoms with Gasteiger partial charge in [0.05, 0.1) is 11.9 Å². The third-order valence-electron chi connectivity index (χ3n) is 3.60. The molecule has 3 aromatic rings. The lowest BCUT2D eigenvalue weighted by atomic mass is 10.1. The number of benzene rings is 1. The fraction of sp³-hybridized carbons (Fsp3) is 0.167. The molecule has 10 heteroatoms. The SMILES string of the molecule is O.O=C([O-])C[NH+](CC(=O)[O-])CC(=O)O.c1cnc2c(c1)ccc1ccc[nH+]c12. The maximum absolute atomic E-state index is 10.1. The summed E-state index contributed by atoms with van der Waals surface area (Å²) in [5.74, 6) is -4.28. The van der Waals surface area contributed by atoms with Crippen LogP contribution in [0.1, 0.15) is 0 Å². The minimum Gasteiger partial charge on any atom is -0.544 e. The number of aromatic amines is 1. The number of hydrogen-bond donors (Lipinski definition) is 2. The Balaban J connectivity index is 0.000000272. The predicted octanol–water partition coefficient (Wildman–Crippen LogP) is -4.17. The average molecular weight is 389 g/mol. The summed E-state index contributed by atoms with van der Waals surface area (Å²) in [5.41, 5.74) is 2.14. The first kappa shape index (κ1) is 22.4. The summed E-state index contributed by atoms with van der Waals surface area (Å²) < 4.78 is 0. The van der Waals surface area contributed by atoms with Crippen LogP contribution < -0.4 is 20.1 Å². The molecule has 0 unspecified atom stereocenters. The van der Waals surface area contributed by atoms with Gasteiger partial charge in [0.25, 0.3) is 0 Å². The van der Waals surface area contributed by atoms with Crippen LogP contribution in [0.2, 0.25) is 0 Å². The van der Waals surface area contributed by atoms with Crippen molar-refractivity contribution in [3.05, 3.63) is 48.8 Å². The van der Waals surface area contributed by atoms with Crippen LogP contribution in [-0.2, 0) is 14.4 Å². The number of rotatable bonds is 6. The van der Waals surface area contributed by atoms with Gasteiger partial charge in [0, 0.05) is 23.0 Å². The molecular weight excluding hydrogens is 370 g/mol. The van der Waals surface area contributed by atoms with Crippen LogP contribution in [0.15, 0.2) is 48.8 Å². The van der Waals surface area contributed by atoms with Gasteiger partial charge in [-0.05, 0) is 18.2 Å². The molecular formula is C18H19N3O7. The molecule has 0 atom stereocenters. The summed E-state index contributed by atoms with van der Waals surface area (Å²) in [5, 5.41) is 30.7. The monoisotopic (exact) mass is 389 g/mol. The Morgan fingerprint density at radius 2 is 1.57 bits per heavy atom. The number of fused-ring (bicyclic) bond motifs is 3. The van der Waals surface area contributed by atoms with E-state index in [9.17, 15) is 24.6 Å². The van der Waals surface area contributed by atoms with E-state index in [-0.39, 0.29) is 10.4 Å². The van der Waals surface area contributed by atoms with Gasteiger partial charge in [0.1, 0.15) is 18.6 Å². The van der Waals surface area contributed by atoms with E-state index in [1.807, 2.05) is 24.5 Å². The number of carbonyl (C=O) groups is 3. The minimum atomic E-state index is -1.50. The van der Waals surface area contributed by atoms with Crippen molar-refractivity contribution in [3.63, 3.8) is 0 Å². The van der Waals surface area contributed by atoms with E-state index in [1.54, 1.807) is 0 Å². The first-order valence-electron chi connectivity index (χ1n) is 7.96. The van der Waals surface area contributed by atoms with Crippen LogP contribution in [0.25, 0.3) is 21.8 Å². The van der Waals surface area contributed by atoms with Gasteiger partial charge in [-0.15, -0.1) is 0 Å². The molecule has 28 heavy (non-hydrogen) atoms. The van der Waals surface area contributed by atoms with Crippen molar-refractivity contribution in [2.24, 2.45) is 0 Å². The smallest absolute Gasteiger partial charge is 0.359 e. The number of aliphatic carboxylic acids is 3. The fourth-order valence-corrected chi connectivity index (χ4v) is 2.54. The molecule has 5 N–H and O–H groups in total. The number of carboxylic acids is 3. The zero-order valence-corrected chi connectivity index (χ0v) is 14.7. The molecule has 0 spiro atoms. The lowest BCUT2D eigenvalue weighted by Crippen LogP contribution is -3.15. The normalized spacial score (nSPS) is 10.0. The highest BCUT2D eigenvalue weighted by Gasteiger charge is 2.13.